The molecule has 1 aliphatic rings. The van der Waals surface area contributed by atoms with Crippen LogP contribution in [0.2, 0.25) is 0 Å². The van der Waals surface area contributed by atoms with Gasteiger partial charge in [0.2, 0.25) is 11.9 Å². The van der Waals surface area contributed by atoms with Gasteiger partial charge in [0, 0.05) is 25.7 Å². The van der Waals surface area contributed by atoms with Gasteiger partial charge in [0.05, 0.1) is 29.5 Å². The van der Waals surface area contributed by atoms with Gasteiger partial charge in [0.1, 0.15) is 5.82 Å². The molecule has 3 rings (SSSR count). The van der Waals surface area contributed by atoms with E-state index in [0.29, 0.717) is 30.6 Å². The molecule has 1 amide bonds. The molecular formula is C17H22N6O2S. The summed E-state index contributed by atoms with van der Waals surface area (Å²) in [5.41, 5.74) is 1.77. The number of nitrogens with zero attached hydrogens (tertiary/aromatic N) is 5. The van der Waals surface area contributed by atoms with E-state index in [1.54, 1.807) is 19.2 Å². The monoisotopic (exact) mass is 374 g/mol. The number of hydrogen-bond acceptors (Lipinski definition) is 8. The number of carbonyl (C=O) groups is 1. The molecule has 0 atom stereocenters. The quantitative estimate of drug-likeness (QED) is 0.797. The first-order valence-electron chi connectivity index (χ1n) is 8.55. The smallest absolute Gasteiger partial charge is 0.225 e. The number of amides is 1. The predicted octanol–water partition coefficient (Wildman–Crippen LogP) is 2.22. The first-order chi connectivity index (χ1) is 12.6. The Kier molecular flexibility index (Phi) is 6.00. The average Bonchev–Trinajstić information content (AvgIpc) is 2.65. The van der Waals surface area contributed by atoms with Gasteiger partial charge in [0.25, 0.3) is 0 Å². The minimum atomic E-state index is -0.0785. The van der Waals surface area contributed by atoms with E-state index >= 15 is 0 Å². The van der Waals surface area contributed by atoms with Gasteiger partial charge in [-0.3, -0.25) is 4.79 Å². The van der Waals surface area contributed by atoms with Gasteiger partial charge in [-0.15, -0.1) is 0 Å². The molecule has 0 bridgehead atoms. The fraction of sp³-hybridized carbons (Fsp3) is 0.471. The number of aryl methyl sites for hydroxylation is 2. The van der Waals surface area contributed by atoms with Crippen LogP contribution < -0.4 is 10.2 Å². The van der Waals surface area contributed by atoms with E-state index < -0.39 is 0 Å². The zero-order chi connectivity index (χ0) is 18.5. The lowest BCUT2D eigenvalue weighted by Gasteiger charge is -2.27. The standard InChI is InChI=1S/C17H22N6O2S/c1-4-14(24)21-13-5-6-18-17(22-13)26-15-11(2)19-16(20-12(15)3)23-7-9-25-10-8-23/h5-6H,4,7-10H2,1-3H3,(H,18,21,22,24). The molecule has 0 saturated carbocycles. The molecule has 1 fully saturated rings. The van der Waals surface area contributed by atoms with E-state index in [0.717, 1.165) is 35.3 Å². The van der Waals surface area contributed by atoms with Crippen LogP contribution in [0.15, 0.2) is 22.3 Å². The van der Waals surface area contributed by atoms with Crippen molar-refractivity contribution in [3.05, 3.63) is 23.7 Å². The van der Waals surface area contributed by atoms with Crippen molar-refractivity contribution in [1.29, 1.82) is 0 Å². The van der Waals surface area contributed by atoms with Crippen molar-refractivity contribution in [3.63, 3.8) is 0 Å². The van der Waals surface area contributed by atoms with Gasteiger partial charge >= 0.3 is 0 Å². The third-order valence-corrected chi connectivity index (χ3v) is 5.08. The number of morpholine rings is 1. The first kappa shape index (κ1) is 18.5. The molecule has 3 heterocycles. The summed E-state index contributed by atoms with van der Waals surface area (Å²) in [6.45, 7) is 8.71. The summed E-state index contributed by atoms with van der Waals surface area (Å²) < 4.78 is 5.38. The SMILES string of the molecule is CCC(=O)Nc1ccnc(Sc2c(C)nc(N3CCOCC3)nc2C)n1. The van der Waals surface area contributed by atoms with Crippen LogP contribution in [-0.2, 0) is 9.53 Å². The lowest BCUT2D eigenvalue weighted by Crippen LogP contribution is -2.37. The van der Waals surface area contributed by atoms with Crippen molar-refractivity contribution in [1.82, 2.24) is 19.9 Å². The predicted molar refractivity (Wildman–Crippen MR) is 99.6 cm³/mol. The Bertz CT molecular complexity index is 772. The molecule has 26 heavy (non-hydrogen) atoms. The highest BCUT2D eigenvalue weighted by molar-refractivity contribution is 7.99. The number of nitrogens with one attached hydrogen (secondary N) is 1. The molecule has 9 heteroatoms. The summed E-state index contributed by atoms with van der Waals surface area (Å²) in [5, 5.41) is 3.29. The number of hydrogen-bond donors (Lipinski definition) is 1. The number of ether oxygens (including phenoxy) is 1. The van der Waals surface area contributed by atoms with E-state index in [9.17, 15) is 4.79 Å². The van der Waals surface area contributed by atoms with Crippen molar-refractivity contribution in [2.45, 2.75) is 37.2 Å². The van der Waals surface area contributed by atoms with Crippen LogP contribution in [0.3, 0.4) is 0 Å². The zero-order valence-corrected chi connectivity index (χ0v) is 16.0. The van der Waals surface area contributed by atoms with Crippen molar-refractivity contribution in [3.8, 4) is 0 Å². The maximum atomic E-state index is 11.5. The van der Waals surface area contributed by atoms with Crippen molar-refractivity contribution >= 4 is 29.4 Å². The number of anilines is 2. The van der Waals surface area contributed by atoms with Crippen molar-refractivity contribution in [2.24, 2.45) is 0 Å². The van der Waals surface area contributed by atoms with Crippen molar-refractivity contribution < 1.29 is 9.53 Å². The molecule has 0 aromatic carbocycles. The van der Waals surface area contributed by atoms with Gasteiger partial charge in [0.15, 0.2) is 5.16 Å². The molecule has 2 aromatic rings. The van der Waals surface area contributed by atoms with Crippen molar-refractivity contribution in [2.75, 3.05) is 36.5 Å². The second-order valence-corrected chi connectivity index (χ2v) is 6.83. The molecule has 8 nitrogen and oxygen atoms in total. The second kappa shape index (κ2) is 8.41. The molecule has 0 spiro atoms. The molecule has 0 unspecified atom stereocenters. The van der Waals surface area contributed by atoms with Crippen LogP contribution in [0.25, 0.3) is 0 Å². The number of carbonyl (C=O) groups excluding carboxylic acids is 1. The molecule has 1 saturated heterocycles. The topological polar surface area (TPSA) is 93.1 Å². The summed E-state index contributed by atoms with van der Waals surface area (Å²) in [5.74, 6) is 1.15. The Morgan fingerprint density at radius 2 is 1.92 bits per heavy atom. The average molecular weight is 374 g/mol. The maximum Gasteiger partial charge on any atom is 0.225 e. The molecule has 0 radical (unpaired) electrons. The Hall–Kier alpha value is -2.26. The fourth-order valence-electron chi connectivity index (χ4n) is 2.52. The fourth-order valence-corrected chi connectivity index (χ4v) is 3.35. The van der Waals surface area contributed by atoms with E-state index in [1.165, 1.54) is 11.8 Å². The van der Waals surface area contributed by atoms with Crippen LogP contribution in [-0.4, -0.2) is 52.1 Å². The molecule has 1 N–H and O–H groups in total. The third-order valence-electron chi connectivity index (χ3n) is 3.90. The van der Waals surface area contributed by atoms with Gasteiger partial charge < -0.3 is 15.0 Å². The third kappa shape index (κ3) is 4.47. The first-order valence-corrected chi connectivity index (χ1v) is 9.37. The lowest BCUT2D eigenvalue weighted by atomic mass is 10.3. The number of aromatic nitrogens is 4. The maximum absolute atomic E-state index is 11.5. The van der Waals surface area contributed by atoms with Crippen LogP contribution in [0.1, 0.15) is 24.7 Å². The Morgan fingerprint density at radius 1 is 1.23 bits per heavy atom. The molecule has 2 aromatic heterocycles. The number of rotatable bonds is 5. The molecule has 1 aliphatic heterocycles. The summed E-state index contributed by atoms with van der Waals surface area (Å²) in [7, 11) is 0. The highest BCUT2D eigenvalue weighted by Crippen LogP contribution is 2.31. The second-order valence-electron chi connectivity index (χ2n) is 5.85. The normalized spacial score (nSPS) is 14.3. The highest BCUT2D eigenvalue weighted by Gasteiger charge is 2.18. The van der Waals surface area contributed by atoms with Crippen LogP contribution in [0.5, 0.6) is 0 Å². The van der Waals surface area contributed by atoms with Gasteiger partial charge in [-0.2, -0.15) is 0 Å². The lowest BCUT2D eigenvalue weighted by molar-refractivity contribution is -0.115. The minimum absolute atomic E-state index is 0.0785. The Labute approximate surface area is 156 Å². The highest BCUT2D eigenvalue weighted by atomic mass is 32.2. The zero-order valence-electron chi connectivity index (χ0n) is 15.2. The van der Waals surface area contributed by atoms with Crippen LogP contribution >= 0.6 is 11.8 Å². The summed E-state index contributed by atoms with van der Waals surface area (Å²) in [4.78, 5) is 32.6. The Balaban J connectivity index is 1.79. The molecular weight excluding hydrogens is 352 g/mol. The summed E-state index contributed by atoms with van der Waals surface area (Å²) in [6, 6.07) is 1.68. The summed E-state index contributed by atoms with van der Waals surface area (Å²) in [6.07, 6.45) is 2.04. The Morgan fingerprint density at radius 3 is 2.58 bits per heavy atom. The van der Waals surface area contributed by atoms with Gasteiger partial charge in [-0.05, 0) is 31.7 Å². The largest absolute Gasteiger partial charge is 0.378 e. The molecule has 0 aliphatic carbocycles. The van der Waals surface area contributed by atoms with Gasteiger partial charge in [-0.25, -0.2) is 19.9 Å². The van der Waals surface area contributed by atoms with E-state index in [2.05, 4.69) is 30.2 Å². The van der Waals surface area contributed by atoms with Crippen LogP contribution in [0.4, 0.5) is 11.8 Å². The minimum Gasteiger partial charge on any atom is -0.378 e. The van der Waals surface area contributed by atoms with Gasteiger partial charge in [-0.1, -0.05) is 6.92 Å². The van der Waals surface area contributed by atoms with Crippen LogP contribution in [0, 0.1) is 13.8 Å². The van der Waals surface area contributed by atoms with E-state index in [-0.39, 0.29) is 5.91 Å². The van der Waals surface area contributed by atoms with E-state index in [1.807, 2.05) is 13.8 Å². The van der Waals surface area contributed by atoms with E-state index in [4.69, 9.17) is 4.74 Å². The summed E-state index contributed by atoms with van der Waals surface area (Å²) >= 11 is 1.40. The molecule has 138 valence electrons.